The molecule has 1 atom stereocenters. The summed E-state index contributed by atoms with van der Waals surface area (Å²) in [7, 11) is 3.23. The molecule has 2 N–H and O–H groups in total. The zero-order valence-corrected chi connectivity index (χ0v) is 13.5. The van der Waals surface area contributed by atoms with Crippen LogP contribution >= 0.6 is 0 Å². The van der Waals surface area contributed by atoms with Gasteiger partial charge in [0.1, 0.15) is 11.5 Å². The molecule has 0 bridgehead atoms. The van der Waals surface area contributed by atoms with E-state index in [2.05, 4.69) is 24.5 Å². The van der Waals surface area contributed by atoms with Crippen LogP contribution in [0.4, 0.5) is 4.79 Å². The molecule has 0 fully saturated rings. The number of ether oxygens (including phenoxy) is 2. The Balaban J connectivity index is 2.78. The summed E-state index contributed by atoms with van der Waals surface area (Å²) in [5.74, 6) is 1.46. The van der Waals surface area contributed by atoms with Gasteiger partial charge in [-0.2, -0.15) is 0 Å². The maximum Gasteiger partial charge on any atom is 0.315 e. The van der Waals surface area contributed by atoms with Gasteiger partial charge in [-0.1, -0.05) is 13.8 Å². The summed E-state index contributed by atoms with van der Waals surface area (Å²) in [6.07, 6.45) is 1.83. The average molecular weight is 294 g/mol. The fourth-order valence-electron chi connectivity index (χ4n) is 2.17. The molecule has 0 spiro atoms. The standard InChI is InChI=1S/C16H26N2O3/c1-6-12(7-2)18-16(19)17-11(3)14-10-13(20-4)8-9-15(14)21-5/h8-12H,6-7H2,1-5H3,(H2,17,18,19). The predicted octanol–water partition coefficient (Wildman–Crippen LogP) is 3.25. The van der Waals surface area contributed by atoms with Crippen molar-refractivity contribution in [3.63, 3.8) is 0 Å². The van der Waals surface area contributed by atoms with Crippen molar-refractivity contribution in [3.8, 4) is 11.5 Å². The largest absolute Gasteiger partial charge is 0.497 e. The second-order valence-corrected chi connectivity index (χ2v) is 4.96. The lowest BCUT2D eigenvalue weighted by Gasteiger charge is -2.21. The van der Waals surface area contributed by atoms with Crippen molar-refractivity contribution in [3.05, 3.63) is 23.8 Å². The van der Waals surface area contributed by atoms with Crippen molar-refractivity contribution in [1.29, 1.82) is 0 Å². The van der Waals surface area contributed by atoms with Crippen molar-refractivity contribution >= 4 is 6.03 Å². The number of amides is 2. The van der Waals surface area contributed by atoms with Gasteiger partial charge in [0, 0.05) is 11.6 Å². The summed E-state index contributed by atoms with van der Waals surface area (Å²) in [4.78, 5) is 12.0. The van der Waals surface area contributed by atoms with Crippen LogP contribution in [0.3, 0.4) is 0 Å². The monoisotopic (exact) mass is 294 g/mol. The number of carbonyl (C=O) groups excluding carboxylic acids is 1. The molecule has 21 heavy (non-hydrogen) atoms. The Bertz CT molecular complexity index is 459. The summed E-state index contributed by atoms with van der Waals surface area (Å²) < 4.78 is 10.6. The van der Waals surface area contributed by atoms with Crippen LogP contribution in [-0.4, -0.2) is 26.3 Å². The number of carbonyl (C=O) groups is 1. The second-order valence-electron chi connectivity index (χ2n) is 4.96. The maximum absolute atomic E-state index is 12.0. The lowest BCUT2D eigenvalue weighted by Crippen LogP contribution is -2.42. The van der Waals surface area contributed by atoms with Crippen LogP contribution in [0.2, 0.25) is 0 Å². The van der Waals surface area contributed by atoms with Gasteiger partial charge in [0.25, 0.3) is 0 Å². The highest BCUT2D eigenvalue weighted by atomic mass is 16.5. The smallest absolute Gasteiger partial charge is 0.315 e. The van der Waals surface area contributed by atoms with Crippen LogP contribution in [0.1, 0.15) is 45.2 Å². The molecule has 1 unspecified atom stereocenters. The van der Waals surface area contributed by atoms with E-state index in [4.69, 9.17) is 9.47 Å². The van der Waals surface area contributed by atoms with Gasteiger partial charge in [-0.05, 0) is 38.0 Å². The lowest BCUT2D eigenvalue weighted by atomic mass is 10.1. The molecule has 0 aliphatic heterocycles. The summed E-state index contributed by atoms with van der Waals surface area (Å²) in [5, 5.41) is 5.90. The number of urea groups is 1. The van der Waals surface area contributed by atoms with Crippen molar-refractivity contribution in [2.75, 3.05) is 14.2 Å². The Kier molecular flexibility index (Phi) is 6.85. The van der Waals surface area contributed by atoms with Crippen LogP contribution in [0.25, 0.3) is 0 Å². The number of benzene rings is 1. The van der Waals surface area contributed by atoms with Gasteiger partial charge in [-0.25, -0.2) is 4.79 Å². The number of hydrogen-bond acceptors (Lipinski definition) is 3. The van der Waals surface area contributed by atoms with E-state index in [1.165, 1.54) is 0 Å². The highest BCUT2D eigenvalue weighted by Gasteiger charge is 2.16. The second kappa shape index (κ2) is 8.39. The van der Waals surface area contributed by atoms with E-state index in [0.717, 1.165) is 29.9 Å². The van der Waals surface area contributed by atoms with Crippen molar-refractivity contribution in [2.45, 2.75) is 45.7 Å². The lowest BCUT2D eigenvalue weighted by molar-refractivity contribution is 0.233. The van der Waals surface area contributed by atoms with Crippen LogP contribution in [0.15, 0.2) is 18.2 Å². The molecule has 0 saturated carbocycles. The quantitative estimate of drug-likeness (QED) is 0.811. The molecule has 1 aromatic rings. The molecular formula is C16H26N2O3. The Hall–Kier alpha value is -1.91. The zero-order chi connectivity index (χ0) is 15.8. The topological polar surface area (TPSA) is 59.6 Å². The zero-order valence-electron chi connectivity index (χ0n) is 13.5. The maximum atomic E-state index is 12.0. The fourth-order valence-corrected chi connectivity index (χ4v) is 2.17. The van der Waals surface area contributed by atoms with Crippen LogP contribution < -0.4 is 20.1 Å². The van der Waals surface area contributed by atoms with E-state index in [-0.39, 0.29) is 18.1 Å². The van der Waals surface area contributed by atoms with Crippen LogP contribution in [0.5, 0.6) is 11.5 Å². The third kappa shape index (κ3) is 4.85. The van der Waals surface area contributed by atoms with Crippen LogP contribution in [0, 0.1) is 0 Å². The van der Waals surface area contributed by atoms with Gasteiger partial charge >= 0.3 is 6.03 Å². The molecule has 0 heterocycles. The minimum atomic E-state index is -0.176. The Morgan fingerprint density at radius 2 is 1.81 bits per heavy atom. The van der Waals surface area contributed by atoms with Gasteiger partial charge in [0.2, 0.25) is 0 Å². The molecule has 5 heteroatoms. The van der Waals surface area contributed by atoms with E-state index in [1.807, 2.05) is 25.1 Å². The van der Waals surface area contributed by atoms with Crippen molar-refractivity contribution in [1.82, 2.24) is 10.6 Å². The number of hydrogen-bond donors (Lipinski definition) is 2. The fraction of sp³-hybridized carbons (Fsp3) is 0.562. The molecule has 0 radical (unpaired) electrons. The average Bonchev–Trinajstić information content (AvgIpc) is 2.51. The SMILES string of the molecule is CCC(CC)NC(=O)NC(C)c1cc(OC)ccc1OC. The van der Waals surface area contributed by atoms with Gasteiger partial charge in [0.15, 0.2) is 0 Å². The summed E-state index contributed by atoms with van der Waals surface area (Å²) in [5.41, 5.74) is 0.886. The molecule has 0 aliphatic rings. The van der Waals surface area contributed by atoms with Crippen molar-refractivity contribution in [2.24, 2.45) is 0 Å². The Labute approximate surface area is 127 Å². The number of rotatable bonds is 7. The van der Waals surface area contributed by atoms with E-state index in [1.54, 1.807) is 14.2 Å². The first-order valence-electron chi connectivity index (χ1n) is 7.34. The summed E-state index contributed by atoms with van der Waals surface area (Å²) >= 11 is 0. The molecule has 0 aliphatic carbocycles. The first kappa shape index (κ1) is 17.1. The van der Waals surface area contributed by atoms with Gasteiger partial charge in [-0.15, -0.1) is 0 Å². The molecule has 0 aromatic heterocycles. The third-order valence-electron chi connectivity index (χ3n) is 3.57. The highest BCUT2D eigenvalue weighted by Crippen LogP contribution is 2.29. The predicted molar refractivity (Wildman–Crippen MR) is 84.0 cm³/mol. The normalized spacial score (nSPS) is 11.9. The first-order chi connectivity index (χ1) is 10.0. The van der Waals surface area contributed by atoms with E-state index < -0.39 is 0 Å². The van der Waals surface area contributed by atoms with E-state index in [0.29, 0.717) is 0 Å². The van der Waals surface area contributed by atoms with Crippen molar-refractivity contribution < 1.29 is 14.3 Å². The highest BCUT2D eigenvalue weighted by molar-refractivity contribution is 5.74. The van der Waals surface area contributed by atoms with Gasteiger partial charge in [-0.3, -0.25) is 0 Å². The summed E-state index contributed by atoms with van der Waals surface area (Å²) in [6, 6.07) is 5.40. The van der Waals surface area contributed by atoms with Crippen LogP contribution in [-0.2, 0) is 0 Å². The molecule has 0 saturated heterocycles. The molecule has 118 valence electrons. The number of methoxy groups -OCH3 is 2. The van der Waals surface area contributed by atoms with E-state index in [9.17, 15) is 4.79 Å². The summed E-state index contributed by atoms with van der Waals surface area (Å²) in [6.45, 7) is 6.04. The number of nitrogens with one attached hydrogen (secondary N) is 2. The van der Waals surface area contributed by atoms with Gasteiger partial charge in [0.05, 0.1) is 20.3 Å². The molecule has 1 aromatic carbocycles. The first-order valence-corrected chi connectivity index (χ1v) is 7.34. The Morgan fingerprint density at radius 1 is 1.14 bits per heavy atom. The molecule has 2 amide bonds. The third-order valence-corrected chi connectivity index (χ3v) is 3.57. The van der Waals surface area contributed by atoms with E-state index >= 15 is 0 Å². The minimum Gasteiger partial charge on any atom is -0.497 e. The molecule has 5 nitrogen and oxygen atoms in total. The molecule has 1 rings (SSSR count). The minimum absolute atomic E-state index is 0.166. The molecular weight excluding hydrogens is 268 g/mol. The Morgan fingerprint density at radius 3 is 2.33 bits per heavy atom. The van der Waals surface area contributed by atoms with Gasteiger partial charge < -0.3 is 20.1 Å².